The van der Waals surface area contributed by atoms with Crippen LogP contribution < -0.4 is 14.4 Å². The molecule has 0 N–H and O–H groups in total. The van der Waals surface area contributed by atoms with Crippen LogP contribution in [0.2, 0.25) is 0 Å². The van der Waals surface area contributed by atoms with Gasteiger partial charge in [-0.25, -0.2) is 0 Å². The first-order valence-electron chi connectivity index (χ1n) is 6.37. The average molecular weight is 320 g/mol. The predicted octanol–water partition coefficient (Wildman–Crippen LogP) is 3.78. The summed E-state index contributed by atoms with van der Waals surface area (Å²) in [5.74, 6) is 1.12. The van der Waals surface area contributed by atoms with Crippen molar-refractivity contribution in [3.8, 4) is 11.5 Å². The lowest BCUT2D eigenvalue weighted by molar-refractivity contribution is -0.115. The summed E-state index contributed by atoms with van der Waals surface area (Å²) in [6, 6.07) is 11.5. The minimum atomic E-state index is -0.162. The lowest BCUT2D eigenvalue weighted by Gasteiger charge is -2.30. The maximum Gasteiger partial charge on any atom is 0.246 e. The summed E-state index contributed by atoms with van der Waals surface area (Å²) in [7, 11) is 0. The molecule has 4 nitrogen and oxygen atoms in total. The number of rotatable bonds is 1. The first-order chi connectivity index (χ1) is 10.3. The van der Waals surface area contributed by atoms with Gasteiger partial charge in [0.2, 0.25) is 12.7 Å². The highest BCUT2D eigenvalue weighted by Crippen LogP contribution is 2.52. The molecule has 0 saturated carbocycles. The Morgan fingerprint density at radius 1 is 1.14 bits per heavy atom. The second-order valence-corrected chi connectivity index (χ2v) is 5.96. The maximum atomic E-state index is 12.3. The van der Waals surface area contributed by atoms with Crippen molar-refractivity contribution in [2.45, 2.75) is 9.79 Å². The normalized spacial score (nSPS) is 14.6. The molecule has 0 aromatic heterocycles. The van der Waals surface area contributed by atoms with E-state index in [4.69, 9.17) is 21.1 Å². The molecule has 4 rings (SSSR count). The summed E-state index contributed by atoms with van der Waals surface area (Å²) in [6.45, 7) is 0.208. The van der Waals surface area contributed by atoms with Crippen LogP contribution in [0.25, 0.3) is 0 Å². The molecule has 0 atom stereocenters. The van der Waals surface area contributed by atoms with Gasteiger partial charge < -0.3 is 9.47 Å². The minimum absolute atomic E-state index is 0.0765. The van der Waals surface area contributed by atoms with Crippen molar-refractivity contribution >= 4 is 40.6 Å². The van der Waals surface area contributed by atoms with Gasteiger partial charge in [0.05, 0.1) is 11.4 Å². The number of carbonyl (C=O) groups excluding carboxylic acids is 1. The highest BCUT2D eigenvalue weighted by Gasteiger charge is 2.30. The van der Waals surface area contributed by atoms with E-state index in [0.29, 0.717) is 11.5 Å². The van der Waals surface area contributed by atoms with Crippen LogP contribution >= 0.6 is 23.4 Å². The van der Waals surface area contributed by atoms with Gasteiger partial charge in [0, 0.05) is 21.9 Å². The molecule has 0 saturated heterocycles. The third kappa shape index (κ3) is 1.96. The number of benzene rings is 2. The van der Waals surface area contributed by atoms with Gasteiger partial charge in [0.15, 0.2) is 11.5 Å². The molecule has 2 aromatic carbocycles. The van der Waals surface area contributed by atoms with Crippen LogP contribution in [0.3, 0.4) is 0 Å². The molecule has 0 aliphatic carbocycles. The Hall–Kier alpha value is -1.85. The zero-order valence-electron chi connectivity index (χ0n) is 10.8. The molecule has 21 heavy (non-hydrogen) atoms. The van der Waals surface area contributed by atoms with Gasteiger partial charge in [0.1, 0.15) is 5.88 Å². The van der Waals surface area contributed by atoms with Gasteiger partial charge in [-0.2, -0.15) is 0 Å². The standard InChI is InChI=1S/C15H10ClNO3S/c16-7-15(18)17-9-3-1-2-4-13(9)21-14-6-12-11(5-10(14)17)19-8-20-12/h1-6H,7-8H2. The van der Waals surface area contributed by atoms with Crippen molar-refractivity contribution in [2.24, 2.45) is 0 Å². The van der Waals surface area contributed by atoms with Crippen LogP contribution in [0, 0.1) is 0 Å². The number of hydrogen-bond acceptors (Lipinski definition) is 4. The number of para-hydroxylation sites is 1. The zero-order valence-corrected chi connectivity index (χ0v) is 12.4. The summed E-state index contributed by atoms with van der Waals surface area (Å²) in [5.41, 5.74) is 1.63. The van der Waals surface area contributed by atoms with E-state index < -0.39 is 0 Å². The molecule has 1 amide bonds. The van der Waals surface area contributed by atoms with Gasteiger partial charge >= 0.3 is 0 Å². The fraction of sp³-hybridized carbons (Fsp3) is 0.133. The van der Waals surface area contributed by atoms with Crippen molar-refractivity contribution in [3.05, 3.63) is 36.4 Å². The van der Waals surface area contributed by atoms with Gasteiger partial charge in [-0.15, -0.1) is 11.6 Å². The molecular formula is C15H10ClNO3S. The largest absolute Gasteiger partial charge is 0.454 e. The van der Waals surface area contributed by atoms with Crippen molar-refractivity contribution in [3.63, 3.8) is 0 Å². The first kappa shape index (κ1) is 12.9. The van der Waals surface area contributed by atoms with E-state index in [1.807, 2.05) is 36.4 Å². The van der Waals surface area contributed by atoms with Crippen LogP contribution in [0.4, 0.5) is 11.4 Å². The molecule has 0 fully saturated rings. The highest BCUT2D eigenvalue weighted by atomic mass is 35.5. The van der Waals surface area contributed by atoms with E-state index in [9.17, 15) is 4.79 Å². The second kappa shape index (κ2) is 4.86. The highest BCUT2D eigenvalue weighted by molar-refractivity contribution is 7.99. The fourth-order valence-corrected chi connectivity index (χ4v) is 3.66. The Morgan fingerprint density at radius 2 is 1.90 bits per heavy atom. The molecule has 2 heterocycles. The van der Waals surface area contributed by atoms with Crippen molar-refractivity contribution < 1.29 is 14.3 Å². The van der Waals surface area contributed by atoms with E-state index in [1.165, 1.54) is 0 Å². The minimum Gasteiger partial charge on any atom is -0.454 e. The number of ether oxygens (including phenoxy) is 2. The Labute approximate surface area is 130 Å². The zero-order chi connectivity index (χ0) is 14.4. The maximum absolute atomic E-state index is 12.3. The van der Waals surface area contributed by atoms with E-state index in [0.717, 1.165) is 21.2 Å². The number of halogens is 1. The molecule has 2 aliphatic heterocycles. The monoisotopic (exact) mass is 319 g/mol. The Kier molecular flexibility index (Phi) is 2.97. The molecule has 0 radical (unpaired) electrons. The number of nitrogens with zero attached hydrogens (tertiary/aromatic N) is 1. The Bertz CT molecular complexity index is 750. The van der Waals surface area contributed by atoms with Gasteiger partial charge in [0.25, 0.3) is 0 Å². The molecule has 106 valence electrons. The number of hydrogen-bond donors (Lipinski definition) is 0. The molecule has 6 heteroatoms. The van der Waals surface area contributed by atoms with Crippen molar-refractivity contribution in [1.82, 2.24) is 0 Å². The molecule has 2 aliphatic rings. The third-order valence-corrected chi connectivity index (χ3v) is 4.73. The van der Waals surface area contributed by atoms with Gasteiger partial charge in [-0.05, 0) is 12.1 Å². The van der Waals surface area contributed by atoms with Crippen molar-refractivity contribution in [1.29, 1.82) is 0 Å². The van der Waals surface area contributed by atoms with Crippen molar-refractivity contribution in [2.75, 3.05) is 17.6 Å². The van der Waals surface area contributed by atoms with Crippen LogP contribution in [-0.4, -0.2) is 18.6 Å². The summed E-state index contributed by atoms with van der Waals surface area (Å²) in [6.07, 6.45) is 0. The van der Waals surface area contributed by atoms with E-state index in [1.54, 1.807) is 16.7 Å². The Morgan fingerprint density at radius 3 is 2.71 bits per heavy atom. The number of carbonyl (C=O) groups is 1. The van der Waals surface area contributed by atoms with E-state index in [-0.39, 0.29) is 18.6 Å². The molecule has 0 unspecified atom stereocenters. The molecule has 0 spiro atoms. The summed E-state index contributed by atoms with van der Waals surface area (Å²) in [4.78, 5) is 15.9. The molecular weight excluding hydrogens is 310 g/mol. The lowest BCUT2D eigenvalue weighted by atomic mass is 10.2. The predicted molar refractivity (Wildman–Crippen MR) is 81.0 cm³/mol. The molecule has 0 bridgehead atoms. The van der Waals surface area contributed by atoms with E-state index >= 15 is 0 Å². The topological polar surface area (TPSA) is 38.8 Å². The van der Waals surface area contributed by atoms with E-state index in [2.05, 4.69) is 0 Å². The number of anilines is 2. The van der Waals surface area contributed by atoms with Crippen LogP contribution in [0.1, 0.15) is 0 Å². The smallest absolute Gasteiger partial charge is 0.246 e. The van der Waals surface area contributed by atoms with Gasteiger partial charge in [-0.1, -0.05) is 23.9 Å². The lowest BCUT2D eigenvalue weighted by Crippen LogP contribution is -2.29. The fourth-order valence-electron chi connectivity index (χ4n) is 2.47. The summed E-state index contributed by atoms with van der Waals surface area (Å²) in [5, 5.41) is 0. The quantitative estimate of drug-likeness (QED) is 0.750. The SMILES string of the molecule is O=C(CCl)N1c2ccccc2Sc2cc3c(cc21)OCO3. The number of amides is 1. The van der Waals surface area contributed by atoms with Crippen LogP contribution in [-0.2, 0) is 4.79 Å². The Balaban J connectivity index is 1.92. The third-order valence-electron chi connectivity index (χ3n) is 3.38. The van der Waals surface area contributed by atoms with Gasteiger partial charge in [-0.3, -0.25) is 9.69 Å². The second-order valence-electron chi connectivity index (χ2n) is 4.61. The summed E-state index contributed by atoms with van der Waals surface area (Å²) >= 11 is 7.39. The average Bonchev–Trinajstić information content (AvgIpc) is 2.96. The van der Waals surface area contributed by atoms with Crippen LogP contribution in [0.5, 0.6) is 11.5 Å². The summed E-state index contributed by atoms with van der Waals surface area (Å²) < 4.78 is 10.8. The van der Waals surface area contributed by atoms with Crippen LogP contribution in [0.15, 0.2) is 46.2 Å². The first-order valence-corrected chi connectivity index (χ1v) is 7.72. The number of alkyl halides is 1. The number of fused-ring (bicyclic) bond motifs is 3. The molecule has 2 aromatic rings.